The van der Waals surface area contributed by atoms with E-state index in [0.717, 1.165) is 37.6 Å². The summed E-state index contributed by atoms with van der Waals surface area (Å²) in [7, 11) is 0. The first-order valence-corrected chi connectivity index (χ1v) is 9.54. The number of rotatable bonds is 6. The molecule has 4 nitrogen and oxygen atoms in total. The Labute approximate surface area is 160 Å². The first-order valence-electron chi connectivity index (χ1n) is 9.16. The van der Waals surface area contributed by atoms with Crippen molar-refractivity contribution in [3.8, 4) is 0 Å². The van der Waals surface area contributed by atoms with Crippen molar-refractivity contribution in [1.29, 1.82) is 0 Å². The maximum Gasteiger partial charge on any atom is 0.234 e. The zero-order valence-corrected chi connectivity index (χ0v) is 16.0. The average molecular weight is 372 g/mol. The van der Waals surface area contributed by atoms with Gasteiger partial charge in [-0.1, -0.05) is 41.9 Å². The molecular formula is C21H26ClN3O. The number of benzene rings is 2. The lowest BCUT2D eigenvalue weighted by Gasteiger charge is -2.36. The van der Waals surface area contributed by atoms with Crippen LogP contribution in [-0.2, 0) is 11.2 Å². The number of hydrogen-bond donors (Lipinski definition) is 1. The van der Waals surface area contributed by atoms with E-state index >= 15 is 0 Å². The Bertz CT molecular complexity index is 724. The van der Waals surface area contributed by atoms with Crippen molar-refractivity contribution in [2.24, 2.45) is 0 Å². The van der Waals surface area contributed by atoms with E-state index in [2.05, 4.69) is 46.3 Å². The van der Waals surface area contributed by atoms with Crippen molar-refractivity contribution in [1.82, 2.24) is 10.2 Å². The Hall–Kier alpha value is -2.04. The van der Waals surface area contributed by atoms with Crippen LogP contribution < -0.4 is 10.2 Å². The van der Waals surface area contributed by atoms with Crippen LogP contribution in [0.1, 0.15) is 11.1 Å². The molecule has 0 aliphatic carbocycles. The second kappa shape index (κ2) is 9.06. The van der Waals surface area contributed by atoms with Gasteiger partial charge in [-0.3, -0.25) is 9.69 Å². The number of nitrogens with one attached hydrogen (secondary N) is 1. The molecule has 26 heavy (non-hydrogen) atoms. The molecule has 0 aromatic heterocycles. The van der Waals surface area contributed by atoms with E-state index in [4.69, 9.17) is 11.6 Å². The maximum atomic E-state index is 12.2. The Morgan fingerprint density at radius 3 is 2.42 bits per heavy atom. The van der Waals surface area contributed by atoms with Gasteiger partial charge in [-0.15, -0.1) is 0 Å². The van der Waals surface area contributed by atoms with Crippen molar-refractivity contribution in [3.63, 3.8) is 0 Å². The summed E-state index contributed by atoms with van der Waals surface area (Å²) in [5.74, 6) is 0.100. The minimum atomic E-state index is 0.100. The predicted octanol–water partition coefficient (Wildman–Crippen LogP) is 3.13. The third-order valence-electron chi connectivity index (χ3n) is 4.84. The zero-order valence-electron chi connectivity index (χ0n) is 15.2. The number of halogens is 1. The number of carbonyl (C=O) groups excluding carboxylic acids is 1. The van der Waals surface area contributed by atoms with Crippen LogP contribution in [0.15, 0.2) is 48.5 Å². The standard InChI is InChI=1S/C21H26ClN3O/c1-17-4-2-3-5-20(17)25-14-12-24(13-15-25)16-21(26)23-11-10-18-6-8-19(22)9-7-18/h2-9H,10-16H2,1H3,(H,23,26). The fraction of sp³-hybridized carbons (Fsp3) is 0.381. The molecule has 1 heterocycles. The van der Waals surface area contributed by atoms with E-state index < -0.39 is 0 Å². The molecule has 1 aliphatic rings. The van der Waals surface area contributed by atoms with Crippen molar-refractivity contribution in [2.45, 2.75) is 13.3 Å². The van der Waals surface area contributed by atoms with Gasteiger partial charge in [0.05, 0.1) is 6.54 Å². The van der Waals surface area contributed by atoms with Gasteiger partial charge in [-0.05, 0) is 42.7 Å². The summed E-state index contributed by atoms with van der Waals surface area (Å²) in [5.41, 5.74) is 3.79. The molecule has 1 fully saturated rings. The number of nitrogens with zero attached hydrogens (tertiary/aromatic N) is 2. The maximum absolute atomic E-state index is 12.2. The third kappa shape index (κ3) is 5.23. The molecule has 2 aromatic rings. The minimum absolute atomic E-state index is 0.100. The number of carbonyl (C=O) groups is 1. The van der Waals surface area contributed by atoms with E-state index in [1.807, 2.05) is 24.3 Å². The third-order valence-corrected chi connectivity index (χ3v) is 5.10. The van der Waals surface area contributed by atoms with Crippen LogP contribution in [0.3, 0.4) is 0 Å². The van der Waals surface area contributed by atoms with E-state index in [1.165, 1.54) is 16.8 Å². The smallest absolute Gasteiger partial charge is 0.234 e. The summed E-state index contributed by atoms with van der Waals surface area (Å²) in [6.07, 6.45) is 0.823. The summed E-state index contributed by atoms with van der Waals surface area (Å²) in [6.45, 7) is 7.03. The minimum Gasteiger partial charge on any atom is -0.369 e. The Balaban J connectivity index is 1.38. The van der Waals surface area contributed by atoms with E-state index in [9.17, 15) is 4.79 Å². The Kier molecular flexibility index (Phi) is 6.53. The molecule has 0 spiro atoms. The molecule has 1 saturated heterocycles. The Morgan fingerprint density at radius 1 is 1.04 bits per heavy atom. The molecular weight excluding hydrogens is 346 g/mol. The van der Waals surface area contributed by atoms with Gasteiger partial charge in [0.15, 0.2) is 0 Å². The van der Waals surface area contributed by atoms with Gasteiger partial charge >= 0.3 is 0 Å². The molecule has 0 atom stereocenters. The molecule has 1 aliphatic heterocycles. The fourth-order valence-electron chi connectivity index (χ4n) is 3.32. The number of hydrogen-bond acceptors (Lipinski definition) is 3. The normalized spacial score (nSPS) is 15.1. The summed E-state index contributed by atoms with van der Waals surface area (Å²) in [5, 5.41) is 3.76. The quantitative estimate of drug-likeness (QED) is 0.847. The Morgan fingerprint density at radius 2 is 1.73 bits per heavy atom. The summed E-state index contributed by atoms with van der Waals surface area (Å²) >= 11 is 5.88. The monoisotopic (exact) mass is 371 g/mol. The predicted molar refractivity (Wildman–Crippen MR) is 108 cm³/mol. The highest BCUT2D eigenvalue weighted by molar-refractivity contribution is 6.30. The zero-order chi connectivity index (χ0) is 18.4. The molecule has 138 valence electrons. The van der Waals surface area contributed by atoms with Gasteiger partial charge in [-0.25, -0.2) is 0 Å². The van der Waals surface area contributed by atoms with Crippen LogP contribution >= 0.6 is 11.6 Å². The van der Waals surface area contributed by atoms with Gasteiger partial charge in [0.2, 0.25) is 5.91 Å². The second-order valence-corrected chi connectivity index (χ2v) is 7.21. The number of para-hydroxylation sites is 1. The summed E-state index contributed by atoms with van der Waals surface area (Å²) in [6, 6.07) is 16.2. The molecule has 0 unspecified atom stereocenters. The van der Waals surface area contributed by atoms with E-state index in [-0.39, 0.29) is 5.91 Å². The summed E-state index contributed by atoms with van der Waals surface area (Å²) < 4.78 is 0. The van der Waals surface area contributed by atoms with Gasteiger partial charge in [0.25, 0.3) is 0 Å². The fourth-order valence-corrected chi connectivity index (χ4v) is 3.45. The highest BCUT2D eigenvalue weighted by Gasteiger charge is 2.19. The van der Waals surface area contributed by atoms with Crippen LogP contribution in [-0.4, -0.2) is 50.1 Å². The number of aryl methyl sites for hydroxylation is 1. The van der Waals surface area contributed by atoms with Gasteiger partial charge < -0.3 is 10.2 Å². The lowest BCUT2D eigenvalue weighted by molar-refractivity contribution is -0.122. The van der Waals surface area contributed by atoms with E-state index in [0.29, 0.717) is 13.1 Å². The van der Waals surface area contributed by atoms with E-state index in [1.54, 1.807) is 0 Å². The number of anilines is 1. The molecule has 0 radical (unpaired) electrons. The first kappa shape index (κ1) is 18.7. The lowest BCUT2D eigenvalue weighted by atomic mass is 10.1. The largest absolute Gasteiger partial charge is 0.369 e. The highest BCUT2D eigenvalue weighted by atomic mass is 35.5. The molecule has 5 heteroatoms. The van der Waals surface area contributed by atoms with Crippen molar-refractivity contribution < 1.29 is 4.79 Å². The number of amides is 1. The SMILES string of the molecule is Cc1ccccc1N1CCN(CC(=O)NCCc2ccc(Cl)cc2)CC1. The van der Waals surface area contributed by atoms with Crippen LogP contribution in [0.4, 0.5) is 5.69 Å². The average Bonchev–Trinajstić information content (AvgIpc) is 2.65. The van der Waals surface area contributed by atoms with Gasteiger partial charge in [0, 0.05) is 43.4 Å². The molecule has 2 aromatic carbocycles. The number of piperazine rings is 1. The highest BCUT2D eigenvalue weighted by Crippen LogP contribution is 2.20. The molecule has 3 rings (SSSR count). The van der Waals surface area contributed by atoms with Crippen LogP contribution in [0.5, 0.6) is 0 Å². The van der Waals surface area contributed by atoms with Crippen molar-refractivity contribution in [2.75, 3.05) is 44.2 Å². The van der Waals surface area contributed by atoms with Crippen LogP contribution in [0, 0.1) is 6.92 Å². The first-order chi connectivity index (χ1) is 12.6. The summed E-state index contributed by atoms with van der Waals surface area (Å²) in [4.78, 5) is 16.8. The van der Waals surface area contributed by atoms with Crippen molar-refractivity contribution >= 4 is 23.2 Å². The molecule has 1 N–H and O–H groups in total. The lowest BCUT2D eigenvalue weighted by Crippen LogP contribution is -2.49. The molecule has 1 amide bonds. The molecule has 0 bridgehead atoms. The van der Waals surface area contributed by atoms with Gasteiger partial charge in [-0.2, -0.15) is 0 Å². The second-order valence-electron chi connectivity index (χ2n) is 6.78. The van der Waals surface area contributed by atoms with Crippen molar-refractivity contribution in [3.05, 3.63) is 64.7 Å². The molecule has 0 saturated carbocycles. The van der Waals surface area contributed by atoms with Crippen LogP contribution in [0.25, 0.3) is 0 Å². The topological polar surface area (TPSA) is 35.6 Å². The van der Waals surface area contributed by atoms with Crippen LogP contribution in [0.2, 0.25) is 5.02 Å². The van der Waals surface area contributed by atoms with Gasteiger partial charge in [0.1, 0.15) is 0 Å².